The van der Waals surface area contributed by atoms with Crippen LogP contribution < -0.4 is 5.32 Å². The van der Waals surface area contributed by atoms with Gasteiger partial charge in [-0.25, -0.2) is 4.68 Å². The van der Waals surface area contributed by atoms with Crippen molar-refractivity contribution < 1.29 is 9.90 Å². The van der Waals surface area contributed by atoms with Crippen molar-refractivity contribution in [1.29, 1.82) is 0 Å². The summed E-state index contributed by atoms with van der Waals surface area (Å²) in [7, 11) is 0. The van der Waals surface area contributed by atoms with Crippen molar-refractivity contribution in [2.24, 2.45) is 0 Å². The lowest BCUT2D eigenvalue weighted by Gasteiger charge is -2.06. The standard InChI is InChI=1S/C16H17N5O2/c1-10(2)11-3-5-13(6-4-11)21-9-14(22)15(20-21)16(23)19-12-7-17-18-8-12/h3-10,22H,1-2H3,(H,17,18)(H,19,23). The molecule has 7 nitrogen and oxygen atoms in total. The number of carbonyl (C=O) groups excluding carboxylic acids is 1. The van der Waals surface area contributed by atoms with Gasteiger partial charge >= 0.3 is 0 Å². The van der Waals surface area contributed by atoms with Gasteiger partial charge in [-0.3, -0.25) is 9.89 Å². The van der Waals surface area contributed by atoms with E-state index in [1.54, 1.807) is 0 Å². The number of amides is 1. The molecule has 1 aromatic carbocycles. The maximum absolute atomic E-state index is 12.1. The SMILES string of the molecule is CC(C)c1ccc(-n2cc(O)c(C(=O)Nc3cn[nH]c3)n2)cc1. The van der Waals surface area contributed by atoms with Gasteiger partial charge in [0.2, 0.25) is 0 Å². The Morgan fingerprint density at radius 3 is 2.65 bits per heavy atom. The Kier molecular flexibility index (Phi) is 3.84. The zero-order chi connectivity index (χ0) is 16.4. The maximum Gasteiger partial charge on any atom is 0.280 e. The Bertz CT molecular complexity index is 804. The molecule has 3 aromatic rings. The predicted molar refractivity (Wildman–Crippen MR) is 85.9 cm³/mol. The molecule has 0 fully saturated rings. The first-order chi connectivity index (χ1) is 11.0. The molecular weight excluding hydrogens is 294 g/mol. The highest BCUT2D eigenvalue weighted by Crippen LogP contribution is 2.21. The van der Waals surface area contributed by atoms with Gasteiger partial charge in [0, 0.05) is 6.20 Å². The van der Waals surface area contributed by atoms with Gasteiger partial charge in [0.05, 0.1) is 23.8 Å². The van der Waals surface area contributed by atoms with Crippen LogP contribution in [0.2, 0.25) is 0 Å². The molecule has 0 aliphatic carbocycles. The fraction of sp³-hybridized carbons (Fsp3) is 0.188. The van der Waals surface area contributed by atoms with Crippen LogP contribution >= 0.6 is 0 Å². The molecule has 0 unspecified atom stereocenters. The van der Waals surface area contributed by atoms with Gasteiger partial charge in [0.1, 0.15) is 0 Å². The van der Waals surface area contributed by atoms with Gasteiger partial charge in [0.15, 0.2) is 11.4 Å². The molecule has 0 spiro atoms. The van der Waals surface area contributed by atoms with Gasteiger partial charge in [-0.05, 0) is 23.6 Å². The summed E-state index contributed by atoms with van der Waals surface area (Å²) in [4.78, 5) is 12.1. The fourth-order valence-corrected chi connectivity index (χ4v) is 2.18. The van der Waals surface area contributed by atoms with Crippen molar-refractivity contribution in [1.82, 2.24) is 20.0 Å². The molecule has 0 bridgehead atoms. The number of anilines is 1. The lowest BCUT2D eigenvalue weighted by molar-refractivity contribution is 0.101. The molecule has 2 heterocycles. The summed E-state index contributed by atoms with van der Waals surface area (Å²) in [6.07, 6.45) is 4.42. The molecule has 23 heavy (non-hydrogen) atoms. The molecule has 0 aliphatic rings. The summed E-state index contributed by atoms with van der Waals surface area (Å²) in [5.41, 5.74) is 2.44. The topological polar surface area (TPSA) is 95.8 Å². The third-order valence-corrected chi connectivity index (χ3v) is 3.49. The zero-order valence-electron chi connectivity index (χ0n) is 12.8. The smallest absolute Gasteiger partial charge is 0.280 e. The summed E-state index contributed by atoms with van der Waals surface area (Å²) in [6.45, 7) is 4.24. The van der Waals surface area contributed by atoms with Gasteiger partial charge in [0.25, 0.3) is 5.91 Å². The van der Waals surface area contributed by atoms with E-state index in [9.17, 15) is 9.90 Å². The van der Waals surface area contributed by atoms with Crippen LogP contribution in [-0.2, 0) is 0 Å². The van der Waals surface area contributed by atoms with E-state index in [0.29, 0.717) is 11.6 Å². The molecule has 2 aromatic heterocycles. The second-order valence-electron chi connectivity index (χ2n) is 5.49. The normalized spacial score (nSPS) is 10.9. The van der Waals surface area contributed by atoms with E-state index in [0.717, 1.165) is 5.69 Å². The molecule has 0 radical (unpaired) electrons. The lowest BCUT2D eigenvalue weighted by atomic mass is 10.0. The molecule has 0 saturated carbocycles. The molecule has 3 rings (SSSR count). The molecule has 3 N–H and O–H groups in total. The second kappa shape index (κ2) is 5.96. The number of hydrogen-bond donors (Lipinski definition) is 3. The van der Waals surface area contributed by atoms with Crippen LogP contribution in [0.3, 0.4) is 0 Å². The molecular formula is C16H17N5O2. The average Bonchev–Trinajstić information content (AvgIpc) is 3.17. The van der Waals surface area contributed by atoms with Crippen molar-refractivity contribution >= 4 is 11.6 Å². The Hall–Kier alpha value is -3.09. The van der Waals surface area contributed by atoms with E-state index in [-0.39, 0.29) is 11.4 Å². The van der Waals surface area contributed by atoms with Crippen LogP contribution in [0.25, 0.3) is 5.69 Å². The van der Waals surface area contributed by atoms with Crippen LogP contribution in [-0.4, -0.2) is 31.0 Å². The average molecular weight is 311 g/mol. The van der Waals surface area contributed by atoms with Crippen molar-refractivity contribution in [3.63, 3.8) is 0 Å². The molecule has 1 amide bonds. The predicted octanol–water partition coefficient (Wildman–Crippen LogP) is 2.68. The number of carbonyl (C=O) groups is 1. The number of rotatable bonds is 4. The third-order valence-electron chi connectivity index (χ3n) is 3.49. The number of H-pyrrole nitrogens is 1. The quantitative estimate of drug-likeness (QED) is 0.690. The number of nitrogens with zero attached hydrogens (tertiary/aromatic N) is 3. The first-order valence-electron chi connectivity index (χ1n) is 7.23. The summed E-state index contributed by atoms with van der Waals surface area (Å²) in [5, 5.41) is 23.1. The number of hydrogen-bond acceptors (Lipinski definition) is 4. The van der Waals surface area contributed by atoms with Crippen molar-refractivity contribution in [3.05, 3.63) is 54.1 Å². The Morgan fingerprint density at radius 2 is 2.04 bits per heavy atom. The van der Waals surface area contributed by atoms with Crippen molar-refractivity contribution in [2.75, 3.05) is 5.32 Å². The van der Waals surface area contributed by atoms with E-state index in [1.807, 2.05) is 24.3 Å². The minimum Gasteiger partial charge on any atom is -0.504 e. The highest BCUT2D eigenvalue weighted by molar-refractivity contribution is 6.04. The Balaban J connectivity index is 1.84. The Labute approximate surface area is 133 Å². The summed E-state index contributed by atoms with van der Waals surface area (Å²) in [5.74, 6) is -0.244. The lowest BCUT2D eigenvalue weighted by Crippen LogP contribution is -2.13. The monoisotopic (exact) mass is 311 g/mol. The van der Waals surface area contributed by atoms with Crippen LogP contribution in [0.4, 0.5) is 5.69 Å². The van der Waals surface area contributed by atoms with Crippen LogP contribution in [0.5, 0.6) is 5.75 Å². The Morgan fingerprint density at radius 1 is 1.30 bits per heavy atom. The minimum atomic E-state index is -0.499. The maximum atomic E-state index is 12.1. The number of aromatic hydroxyl groups is 1. The van der Waals surface area contributed by atoms with Gasteiger partial charge < -0.3 is 10.4 Å². The van der Waals surface area contributed by atoms with E-state index in [4.69, 9.17) is 0 Å². The van der Waals surface area contributed by atoms with Crippen molar-refractivity contribution in [3.8, 4) is 11.4 Å². The largest absolute Gasteiger partial charge is 0.504 e. The summed E-state index contributed by atoms with van der Waals surface area (Å²) in [6, 6.07) is 7.81. The van der Waals surface area contributed by atoms with Crippen LogP contribution in [0.1, 0.15) is 35.8 Å². The van der Waals surface area contributed by atoms with Crippen molar-refractivity contribution in [2.45, 2.75) is 19.8 Å². The van der Waals surface area contributed by atoms with E-state index in [2.05, 4.69) is 34.5 Å². The molecule has 0 atom stereocenters. The highest BCUT2D eigenvalue weighted by Gasteiger charge is 2.17. The zero-order valence-corrected chi connectivity index (χ0v) is 12.8. The van der Waals surface area contributed by atoms with Crippen LogP contribution in [0, 0.1) is 0 Å². The number of aromatic nitrogens is 4. The third kappa shape index (κ3) is 3.08. The number of aromatic amines is 1. The van der Waals surface area contributed by atoms with Gasteiger partial charge in [-0.1, -0.05) is 26.0 Å². The van der Waals surface area contributed by atoms with E-state index in [1.165, 1.54) is 28.8 Å². The molecule has 7 heteroatoms. The molecule has 0 aliphatic heterocycles. The number of nitrogens with one attached hydrogen (secondary N) is 2. The van der Waals surface area contributed by atoms with E-state index < -0.39 is 5.91 Å². The molecule has 118 valence electrons. The number of benzene rings is 1. The second-order valence-corrected chi connectivity index (χ2v) is 5.49. The van der Waals surface area contributed by atoms with E-state index >= 15 is 0 Å². The van der Waals surface area contributed by atoms with Gasteiger partial charge in [-0.2, -0.15) is 10.2 Å². The first kappa shape index (κ1) is 14.8. The summed E-state index contributed by atoms with van der Waals surface area (Å²) >= 11 is 0. The fourth-order valence-electron chi connectivity index (χ4n) is 2.18. The summed E-state index contributed by atoms with van der Waals surface area (Å²) < 4.78 is 1.48. The molecule has 0 saturated heterocycles. The highest BCUT2D eigenvalue weighted by atomic mass is 16.3. The van der Waals surface area contributed by atoms with Gasteiger partial charge in [-0.15, -0.1) is 0 Å². The minimum absolute atomic E-state index is 0.0425. The van der Waals surface area contributed by atoms with Crippen LogP contribution in [0.15, 0.2) is 42.9 Å². The first-order valence-corrected chi connectivity index (χ1v) is 7.23.